The molecule has 2 aromatic rings. The van der Waals surface area contributed by atoms with E-state index in [9.17, 15) is 5.11 Å². The topological polar surface area (TPSA) is 32.7 Å². The number of aliphatic hydroxyl groups is 1. The van der Waals surface area contributed by atoms with Crippen molar-refractivity contribution in [3.63, 3.8) is 0 Å². The molecule has 3 heteroatoms. The van der Waals surface area contributed by atoms with Crippen molar-refractivity contribution >= 4 is 0 Å². The third-order valence-electron chi connectivity index (χ3n) is 3.66. The molecule has 1 N–H and O–H groups in total. The molecule has 0 aliphatic rings. The fraction of sp³-hybridized carbons (Fsp3) is 0.333. The van der Waals surface area contributed by atoms with Crippen LogP contribution in [0.1, 0.15) is 22.8 Å². The van der Waals surface area contributed by atoms with E-state index in [4.69, 9.17) is 4.74 Å². The predicted molar refractivity (Wildman–Crippen MR) is 85.5 cm³/mol. The van der Waals surface area contributed by atoms with Crippen molar-refractivity contribution in [1.82, 2.24) is 4.90 Å². The summed E-state index contributed by atoms with van der Waals surface area (Å²) in [5.41, 5.74) is 3.45. The van der Waals surface area contributed by atoms with Crippen molar-refractivity contribution < 1.29 is 9.84 Å². The molecule has 112 valence electrons. The Kier molecular flexibility index (Phi) is 5.37. The van der Waals surface area contributed by atoms with Crippen LogP contribution in [-0.4, -0.2) is 30.7 Å². The average Bonchev–Trinajstić information content (AvgIpc) is 2.49. The fourth-order valence-corrected chi connectivity index (χ4v) is 2.39. The Morgan fingerprint density at radius 1 is 1.14 bits per heavy atom. The summed E-state index contributed by atoms with van der Waals surface area (Å²) in [5, 5.41) is 10.4. The molecular weight excluding hydrogens is 262 g/mol. The van der Waals surface area contributed by atoms with Crippen LogP contribution >= 0.6 is 0 Å². The molecule has 0 aromatic heterocycles. The Bertz CT molecular complexity index is 583. The number of aryl methyl sites for hydroxylation is 1. The zero-order valence-corrected chi connectivity index (χ0v) is 12.9. The number of aliphatic hydroxyl groups excluding tert-OH is 1. The molecule has 0 fully saturated rings. The lowest BCUT2D eigenvalue weighted by atomic mass is 10.1. The Labute approximate surface area is 126 Å². The maximum atomic E-state index is 10.4. The monoisotopic (exact) mass is 285 g/mol. The average molecular weight is 285 g/mol. The first-order chi connectivity index (χ1) is 10.1. The minimum Gasteiger partial charge on any atom is -0.497 e. The number of methoxy groups -OCH3 is 1. The maximum absolute atomic E-state index is 10.4. The quantitative estimate of drug-likeness (QED) is 0.885. The van der Waals surface area contributed by atoms with Crippen LogP contribution in [0.2, 0.25) is 0 Å². The first kappa shape index (κ1) is 15.5. The summed E-state index contributed by atoms with van der Waals surface area (Å²) in [7, 11) is 3.66. The molecular formula is C18H23NO2. The van der Waals surface area contributed by atoms with Crippen molar-refractivity contribution in [2.45, 2.75) is 19.6 Å². The van der Waals surface area contributed by atoms with Gasteiger partial charge in [-0.1, -0.05) is 36.4 Å². The molecule has 0 saturated carbocycles. The molecule has 0 heterocycles. The van der Waals surface area contributed by atoms with E-state index in [2.05, 4.69) is 30.0 Å². The highest BCUT2D eigenvalue weighted by Gasteiger charge is 2.12. The number of hydrogen-bond acceptors (Lipinski definition) is 3. The number of nitrogens with zero attached hydrogens (tertiary/aromatic N) is 1. The van der Waals surface area contributed by atoms with Gasteiger partial charge in [-0.3, -0.25) is 4.90 Å². The summed E-state index contributed by atoms with van der Waals surface area (Å²) in [4.78, 5) is 2.13. The highest BCUT2D eigenvalue weighted by Crippen LogP contribution is 2.20. The molecule has 2 rings (SSSR count). The van der Waals surface area contributed by atoms with Crippen molar-refractivity contribution in [3.8, 4) is 5.75 Å². The van der Waals surface area contributed by atoms with Crippen LogP contribution in [0.25, 0.3) is 0 Å². The first-order valence-electron chi connectivity index (χ1n) is 7.15. The van der Waals surface area contributed by atoms with Gasteiger partial charge in [0.05, 0.1) is 13.2 Å². The number of benzene rings is 2. The number of ether oxygens (including phenoxy) is 1. The molecule has 0 radical (unpaired) electrons. The van der Waals surface area contributed by atoms with Gasteiger partial charge in [0.15, 0.2) is 0 Å². The standard InChI is InChI=1S/C18H23NO2/c1-14-7-4-5-8-16(14)12-19(2)13-18(20)15-9-6-10-17(11-15)21-3/h4-11,18,20H,12-13H2,1-3H3. The second-order valence-corrected chi connectivity index (χ2v) is 5.42. The Hall–Kier alpha value is -1.84. The summed E-state index contributed by atoms with van der Waals surface area (Å²) >= 11 is 0. The molecule has 0 aliphatic heterocycles. The van der Waals surface area contributed by atoms with Crippen LogP contribution in [0.15, 0.2) is 48.5 Å². The number of likely N-dealkylation sites (N-methyl/N-ethyl adjacent to an activating group) is 1. The number of rotatable bonds is 6. The van der Waals surface area contributed by atoms with Crippen LogP contribution in [0.3, 0.4) is 0 Å². The summed E-state index contributed by atoms with van der Waals surface area (Å²) in [5.74, 6) is 0.771. The van der Waals surface area contributed by atoms with Gasteiger partial charge >= 0.3 is 0 Å². The molecule has 0 bridgehead atoms. The minimum absolute atomic E-state index is 0.519. The molecule has 0 aliphatic carbocycles. The van der Waals surface area contributed by atoms with Gasteiger partial charge in [-0.2, -0.15) is 0 Å². The molecule has 0 amide bonds. The SMILES string of the molecule is COc1cccc(C(O)CN(C)Cc2ccccc2C)c1. The lowest BCUT2D eigenvalue weighted by Gasteiger charge is -2.22. The third kappa shape index (κ3) is 4.31. The smallest absolute Gasteiger partial charge is 0.119 e. The van der Waals surface area contributed by atoms with E-state index in [1.807, 2.05) is 37.4 Å². The Balaban J connectivity index is 1.98. The molecule has 1 unspecified atom stereocenters. The lowest BCUT2D eigenvalue weighted by molar-refractivity contribution is 0.123. The second kappa shape index (κ2) is 7.25. The van der Waals surface area contributed by atoms with E-state index < -0.39 is 6.10 Å². The van der Waals surface area contributed by atoms with E-state index in [1.165, 1.54) is 11.1 Å². The fourth-order valence-electron chi connectivity index (χ4n) is 2.39. The van der Waals surface area contributed by atoms with E-state index >= 15 is 0 Å². The zero-order valence-electron chi connectivity index (χ0n) is 12.9. The van der Waals surface area contributed by atoms with E-state index in [1.54, 1.807) is 7.11 Å². The van der Waals surface area contributed by atoms with Crippen molar-refractivity contribution in [2.75, 3.05) is 20.7 Å². The zero-order chi connectivity index (χ0) is 15.2. The van der Waals surface area contributed by atoms with Gasteiger partial charge in [0.2, 0.25) is 0 Å². The predicted octanol–water partition coefficient (Wildman–Crippen LogP) is 3.17. The maximum Gasteiger partial charge on any atom is 0.119 e. The summed E-state index contributed by atoms with van der Waals surface area (Å²) in [6.07, 6.45) is -0.519. The van der Waals surface area contributed by atoms with Gasteiger partial charge in [-0.15, -0.1) is 0 Å². The number of hydrogen-bond donors (Lipinski definition) is 1. The Morgan fingerprint density at radius 3 is 2.62 bits per heavy atom. The summed E-state index contributed by atoms with van der Waals surface area (Å²) < 4.78 is 5.20. The molecule has 21 heavy (non-hydrogen) atoms. The molecule has 2 aromatic carbocycles. The van der Waals surface area contributed by atoms with Gasteiger partial charge in [-0.25, -0.2) is 0 Å². The van der Waals surface area contributed by atoms with E-state index in [0.717, 1.165) is 17.9 Å². The largest absolute Gasteiger partial charge is 0.497 e. The molecule has 3 nitrogen and oxygen atoms in total. The van der Waals surface area contributed by atoms with E-state index in [-0.39, 0.29) is 0 Å². The van der Waals surface area contributed by atoms with Crippen LogP contribution in [-0.2, 0) is 6.54 Å². The third-order valence-corrected chi connectivity index (χ3v) is 3.66. The molecule has 0 saturated heterocycles. The van der Waals surface area contributed by atoms with Gasteiger partial charge in [0.25, 0.3) is 0 Å². The van der Waals surface area contributed by atoms with Crippen molar-refractivity contribution in [1.29, 1.82) is 0 Å². The van der Waals surface area contributed by atoms with Crippen LogP contribution in [0, 0.1) is 6.92 Å². The lowest BCUT2D eigenvalue weighted by Crippen LogP contribution is -2.24. The van der Waals surface area contributed by atoms with Crippen LogP contribution in [0.4, 0.5) is 0 Å². The minimum atomic E-state index is -0.519. The first-order valence-corrected chi connectivity index (χ1v) is 7.15. The van der Waals surface area contributed by atoms with Gasteiger partial charge in [0.1, 0.15) is 5.75 Å². The highest BCUT2D eigenvalue weighted by atomic mass is 16.5. The van der Waals surface area contributed by atoms with Gasteiger partial charge in [0, 0.05) is 13.1 Å². The Morgan fingerprint density at radius 2 is 1.90 bits per heavy atom. The molecule has 0 spiro atoms. The van der Waals surface area contributed by atoms with E-state index in [0.29, 0.717) is 6.54 Å². The normalized spacial score (nSPS) is 12.4. The van der Waals surface area contributed by atoms with Gasteiger partial charge in [-0.05, 0) is 42.8 Å². The van der Waals surface area contributed by atoms with Crippen LogP contribution in [0.5, 0.6) is 5.75 Å². The summed E-state index contributed by atoms with van der Waals surface area (Å²) in [6, 6.07) is 15.9. The second-order valence-electron chi connectivity index (χ2n) is 5.42. The highest BCUT2D eigenvalue weighted by molar-refractivity contribution is 5.30. The van der Waals surface area contributed by atoms with Crippen molar-refractivity contribution in [2.24, 2.45) is 0 Å². The van der Waals surface area contributed by atoms with Crippen LogP contribution < -0.4 is 4.74 Å². The van der Waals surface area contributed by atoms with Crippen molar-refractivity contribution in [3.05, 3.63) is 65.2 Å². The summed E-state index contributed by atoms with van der Waals surface area (Å²) in [6.45, 7) is 3.52. The molecule has 1 atom stereocenters. The van der Waals surface area contributed by atoms with Gasteiger partial charge < -0.3 is 9.84 Å².